The third-order valence-electron chi connectivity index (χ3n) is 7.91. The van der Waals surface area contributed by atoms with Gasteiger partial charge in [-0.25, -0.2) is 14.4 Å². The first-order valence-corrected chi connectivity index (χ1v) is 14.4. The summed E-state index contributed by atoms with van der Waals surface area (Å²) in [7, 11) is 0. The van der Waals surface area contributed by atoms with Crippen molar-refractivity contribution in [3.8, 4) is 5.75 Å². The van der Waals surface area contributed by atoms with Gasteiger partial charge in [-0.15, -0.1) is 0 Å². The van der Waals surface area contributed by atoms with E-state index in [2.05, 4.69) is 23.6 Å². The summed E-state index contributed by atoms with van der Waals surface area (Å²) in [5, 5.41) is 18.6. The van der Waals surface area contributed by atoms with Crippen molar-refractivity contribution < 1.29 is 34.1 Å². The molecule has 2 aromatic rings. The number of esters is 1. The molecular weight excluding hydrogens is 524 g/mol. The zero-order valence-electron chi connectivity index (χ0n) is 24.6. The van der Waals surface area contributed by atoms with E-state index in [-0.39, 0.29) is 23.2 Å². The normalized spacial score (nSPS) is 19.6. The molecule has 0 amide bonds. The average Bonchev–Trinajstić information content (AvgIpc) is 2.88. The first-order valence-electron chi connectivity index (χ1n) is 14.4. The number of hydrogen-bond acceptors (Lipinski definition) is 7. The molecule has 0 bridgehead atoms. The molecule has 2 N–H and O–H groups in total. The van der Waals surface area contributed by atoms with Crippen molar-refractivity contribution in [2.45, 2.75) is 84.1 Å². The Balaban J connectivity index is 1.26. The smallest absolute Gasteiger partial charge is 0.338 e. The lowest BCUT2D eigenvalue weighted by Crippen LogP contribution is -2.53. The van der Waals surface area contributed by atoms with Crippen LogP contribution in [0.5, 0.6) is 5.75 Å². The molecule has 1 saturated heterocycles. The van der Waals surface area contributed by atoms with Gasteiger partial charge in [-0.1, -0.05) is 0 Å². The minimum absolute atomic E-state index is 0.0240. The molecule has 41 heavy (non-hydrogen) atoms. The zero-order valence-corrected chi connectivity index (χ0v) is 24.6. The monoisotopic (exact) mass is 566 g/mol. The first kappa shape index (κ1) is 30.4. The van der Waals surface area contributed by atoms with Gasteiger partial charge in [-0.3, -0.25) is 4.90 Å². The van der Waals surface area contributed by atoms with Crippen LogP contribution in [0.2, 0.25) is 0 Å². The number of nitrogens with zero attached hydrogens (tertiary/aromatic N) is 2. The Morgan fingerprint density at radius 2 is 1.56 bits per heavy atom. The molecule has 0 atom stereocenters. The van der Waals surface area contributed by atoms with Crippen molar-refractivity contribution in [3.05, 3.63) is 59.2 Å². The molecular formula is C32H42N2O7. The number of piperidine rings is 1. The zero-order chi connectivity index (χ0) is 29.9. The molecule has 1 aliphatic carbocycles. The maximum Gasteiger partial charge on any atom is 0.338 e. The van der Waals surface area contributed by atoms with Crippen LogP contribution in [0.4, 0.5) is 5.69 Å². The van der Waals surface area contributed by atoms with Gasteiger partial charge in [0, 0.05) is 50.2 Å². The number of ether oxygens (including phenoxy) is 2. The minimum Gasteiger partial charge on any atom is -0.490 e. The van der Waals surface area contributed by atoms with Crippen LogP contribution in [0.1, 0.15) is 91.4 Å². The maximum absolute atomic E-state index is 12.3. The molecule has 2 fully saturated rings. The summed E-state index contributed by atoms with van der Waals surface area (Å²) in [5.41, 5.74) is 0.661. The highest BCUT2D eigenvalue weighted by Gasteiger charge is 2.37. The number of benzene rings is 2. The number of carboxylic acids is 2. The van der Waals surface area contributed by atoms with E-state index in [9.17, 15) is 24.6 Å². The van der Waals surface area contributed by atoms with Gasteiger partial charge in [-0.05, 0) is 95.8 Å². The summed E-state index contributed by atoms with van der Waals surface area (Å²) in [6.45, 7) is 13.0. The summed E-state index contributed by atoms with van der Waals surface area (Å²) >= 11 is 0. The average molecular weight is 567 g/mol. The lowest BCUT2D eigenvalue weighted by Gasteiger charge is -2.46. The molecule has 1 aliphatic heterocycles. The third-order valence-corrected chi connectivity index (χ3v) is 7.91. The number of hydrogen-bond donors (Lipinski definition) is 2. The lowest BCUT2D eigenvalue weighted by molar-refractivity contribution is -0.00664. The van der Waals surface area contributed by atoms with Gasteiger partial charge in [0.2, 0.25) is 0 Å². The van der Waals surface area contributed by atoms with Gasteiger partial charge < -0.3 is 24.6 Å². The number of carbonyl (C=O) groups is 3. The van der Waals surface area contributed by atoms with E-state index in [4.69, 9.17) is 9.47 Å². The standard InChI is InChI=1S/C32H42N2O7/c1-20(2)34(24-16-26(17-24)40-25-10-11-27(29(35)36)28(18-25)30(37)38)19-21-12-14-33(15-13-21)23-8-6-22(7-9-23)31(39)41-32(3,4)5/h6-11,18,20-21,24,26H,12-17,19H2,1-5H3,(H,35,36)(H,37,38). The van der Waals surface area contributed by atoms with Gasteiger partial charge in [0.25, 0.3) is 0 Å². The molecule has 0 unspecified atom stereocenters. The third kappa shape index (κ3) is 7.79. The summed E-state index contributed by atoms with van der Waals surface area (Å²) < 4.78 is 11.5. The van der Waals surface area contributed by atoms with E-state index in [1.165, 1.54) is 18.2 Å². The second-order valence-corrected chi connectivity index (χ2v) is 12.5. The fourth-order valence-electron chi connectivity index (χ4n) is 5.66. The number of carboxylic acid groups (broad SMARTS) is 2. The lowest BCUT2D eigenvalue weighted by atomic mass is 9.85. The Bertz CT molecular complexity index is 1240. The van der Waals surface area contributed by atoms with Gasteiger partial charge >= 0.3 is 17.9 Å². The highest BCUT2D eigenvalue weighted by Crippen LogP contribution is 2.34. The van der Waals surface area contributed by atoms with Crippen molar-refractivity contribution in [2.24, 2.45) is 5.92 Å². The molecule has 2 aliphatic rings. The Labute approximate surface area is 242 Å². The maximum atomic E-state index is 12.3. The second kappa shape index (κ2) is 12.5. The van der Waals surface area contributed by atoms with Gasteiger partial charge in [0.1, 0.15) is 17.5 Å². The molecule has 1 saturated carbocycles. The van der Waals surface area contributed by atoms with Crippen molar-refractivity contribution in [1.29, 1.82) is 0 Å². The van der Waals surface area contributed by atoms with E-state index in [0.717, 1.165) is 51.0 Å². The minimum atomic E-state index is -1.28. The van der Waals surface area contributed by atoms with Crippen LogP contribution in [-0.2, 0) is 4.74 Å². The van der Waals surface area contributed by atoms with E-state index in [0.29, 0.717) is 29.3 Å². The molecule has 2 aromatic carbocycles. The molecule has 222 valence electrons. The highest BCUT2D eigenvalue weighted by atomic mass is 16.6. The van der Waals surface area contributed by atoms with Crippen molar-refractivity contribution in [1.82, 2.24) is 4.90 Å². The van der Waals surface area contributed by atoms with Crippen molar-refractivity contribution in [2.75, 3.05) is 24.5 Å². The molecule has 0 radical (unpaired) electrons. The summed E-state index contributed by atoms with van der Waals surface area (Å²) in [4.78, 5) is 40.1. The summed E-state index contributed by atoms with van der Waals surface area (Å²) in [6, 6.07) is 12.6. The van der Waals surface area contributed by atoms with Gasteiger partial charge in [-0.2, -0.15) is 0 Å². The van der Waals surface area contributed by atoms with Crippen LogP contribution in [-0.4, -0.2) is 76.4 Å². The van der Waals surface area contributed by atoms with Crippen molar-refractivity contribution >= 4 is 23.6 Å². The molecule has 0 spiro atoms. The molecule has 4 rings (SSSR count). The molecule has 1 heterocycles. The van der Waals surface area contributed by atoms with Crippen molar-refractivity contribution in [3.63, 3.8) is 0 Å². The summed E-state index contributed by atoms with van der Waals surface area (Å²) in [5.74, 6) is -1.88. The number of carbonyl (C=O) groups excluding carboxylic acids is 1. The Hall–Kier alpha value is -3.59. The number of anilines is 1. The Morgan fingerprint density at radius 1 is 0.951 bits per heavy atom. The number of rotatable bonds is 10. The van der Waals surface area contributed by atoms with E-state index in [1.54, 1.807) is 0 Å². The first-order chi connectivity index (χ1) is 19.3. The Morgan fingerprint density at radius 3 is 2.10 bits per heavy atom. The van der Waals surface area contributed by atoms with Crippen LogP contribution in [0.15, 0.2) is 42.5 Å². The fraction of sp³-hybridized carbons (Fsp3) is 0.531. The molecule has 9 nitrogen and oxygen atoms in total. The SMILES string of the molecule is CC(C)N(CC1CCN(c2ccc(C(=O)OC(C)(C)C)cc2)CC1)C1CC(Oc2ccc(C(=O)O)c(C(=O)O)c2)C1. The predicted octanol–water partition coefficient (Wildman–Crippen LogP) is 5.58. The highest BCUT2D eigenvalue weighted by molar-refractivity contribution is 6.02. The van der Waals surface area contributed by atoms with Crippen LogP contribution in [0.3, 0.4) is 0 Å². The largest absolute Gasteiger partial charge is 0.490 e. The van der Waals surface area contributed by atoms with Gasteiger partial charge in [0.15, 0.2) is 0 Å². The van der Waals surface area contributed by atoms with Crippen LogP contribution >= 0.6 is 0 Å². The molecule has 9 heteroatoms. The fourth-order valence-corrected chi connectivity index (χ4v) is 5.66. The van der Waals surface area contributed by atoms with E-state index < -0.39 is 17.5 Å². The van der Waals surface area contributed by atoms with E-state index in [1.807, 2.05) is 45.0 Å². The predicted molar refractivity (Wildman–Crippen MR) is 156 cm³/mol. The summed E-state index contributed by atoms with van der Waals surface area (Å²) in [6.07, 6.45) is 3.87. The van der Waals surface area contributed by atoms with Crippen LogP contribution < -0.4 is 9.64 Å². The van der Waals surface area contributed by atoms with E-state index >= 15 is 0 Å². The van der Waals surface area contributed by atoms with Crippen LogP contribution in [0, 0.1) is 5.92 Å². The van der Waals surface area contributed by atoms with Gasteiger partial charge in [0.05, 0.1) is 16.7 Å². The van der Waals surface area contributed by atoms with Crippen LogP contribution in [0.25, 0.3) is 0 Å². The number of aromatic carboxylic acids is 2. The molecule has 0 aromatic heterocycles. The topological polar surface area (TPSA) is 117 Å². The quantitative estimate of drug-likeness (QED) is 0.356. The second-order valence-electron chi connectivity index (χ2n) is 12.5. The Kier molecular flexibility index (Phi) is 9.27.